The van der Waals surface area contributed by atoms with Crippen molar-refractivity contribution in [1.29, 1.82) is 0 Å². The van der Waals surface area contributed by atoms with E-state index in [9.17, 15) is 4.79 Å². The molecule has 2 heteroatoms. The van der Waals surface area contributed by atoms with Gasteiger partial charge in [-0.25, -0.2) is 0 Å². The number of hydrogen-bond donors (Lipinski definition) is 0. The van der Waals surface area contributed by atoms with E-state index in [4.69, 9.17) is 0 Å². The van der Waals surface area contributed by atoms with Crippen molar-refractivity contribution in [3.8, 4) is 0 Å². The first-order chi connectivity index (χ1) is 14.6. The molecule has 0 aromatic heterocycles. The molecule has 0 aliphatic heterocycles. The van der Waals surface area contributed by atoms with Crippen LogP contribution in [-0.2, 0) is 4.79 Å². The Hall–Kier alpha value is 0.150. The van der Waals surface area contributed by atoms with E-state index in [2.05, 4.69) is 57.5 Å². The van der Waals surface area contributed by atoms with Crippen molar-refractivity contribution in [2.75, 3.05) is 0 Å². The molecule has 4 aliphatic carbocycles. The van der Waals surface area contributed by atoms with Crippen LogP contribution in [0.5, 0.6) is 0 Å². The zero-order valence-electron chi connectivity index (χ0n) is 21.3. The lowest BCUT2D eigenvalue weighted by Gasteiger charge is -2.60. The van der Waals surface area contributed by atoms with Crippen LogP contribution in [0.4, 0.5) is 0 Å². The lowest BCUT2D eigenvalue weighted by atomic mass is 9.44. The Morgan fingerprint density at radius 1 is 0.968 bits per heavy atom. The number of rotatable bonds is 6. The molecule has 0 N–H and O–H groups in total. The Kier molecular flexibility index (Phi) is 7.10. The summed E-state index contributed by atoms with van der Waals surface area (Å²) in [6.07, 6.45) is 14.3. The molecule has 4 aliphatic rings. The van der Waals surface area contributed by atoms with Crippen LogP contribution < -0.4 is 0 Å². The smallest absolute Gasteiger partial charge is 0.136 e. The molecule has 4 saturated carbocycles. The van der Waals surface area contributed by atoms with E-state index in [1.165, 1.54) is 57.8 Å². The highest BCUT2D eigenvalue weighted by molar-refractivity contribution is 9.09. The Bertz CT molecular complexity index is 657. The lowest BCUT2D eigenvalue weighted by Crippen LogP contribution is -2.56. The summed E-state index contributed by atoms with van der Waals surface area (Å²) in [6, 6.07) is 0. The van der Waals surface area contributed by atoms with Gasteiger partial charge < -0.3 is 0 Å². The molecule has 10 atom stereocenters. The number of hydrogen-bond acceptors (Lipinski definition) is 1. The van der Waals surface area contributed by atoms with Gasteiger partial charge in [0.1, 0.15) is 5.78 Å². The quantitative estimate of drug-likeness (QED) is 0.338. The molecule has 10 unspecified atom stereocenters. The summed E-state index contributed by atoms with van der Waals surface area (Å²) < 4.78 is 0. The fourth-order valence-corrected chi connectivity index (χ4v) is 10.3. The molecular weight excluding hydrogens is 444 g/mol. The Labute approximate surface area is 201 Å². The average molecular weight is 494 g/mol. The van der Waals surface area contributed by atoms with E-state index in [-0.39, 0.29) is 5.41 Å². The number of carbonyl (C=O) groups is 1. The molecule has 0 aromatic rings. The second-order valence-corrected chi connectivity index (χ2v) is 14.5. The van der Waals surface area contributed by atoms with Crippen molar-refractivity contribution in [2.45, 2.75) is 117 Å². The summed E-state index contributed by atoms with van der Waals surface area (Å²) >= 11 is 3.85. The molecule has 31 heavy (non-hydrogen) atoms. The predicted molar refractivity (Wildman–Crippen MR) is 135 cm³/mol. The fourth-order valence-electron chi connectivity index (χ4n) is 9.66. The first-order valence-electron chi connectivity index (χ1n) is 13.8. The van der Waals surface area contributed by atoms with Crippen LogP contribution in [0.2, 0.25) is 0 Å². The van der Waals surface area contributed by atoms with E-state index in [1.807, 2.05) is 0 Å². The molecule has 0 heterocycles. The molecule has 0 amide bonds. The van der Waals surface area contributed by atoms with Gasteiger partial charge in [-0.3, -0.25) is 4.79 Å². The van der Waals surface area contributed by atoms with Crippen LogP contribution in [0.25, 0.3) is 0 Å². The molecule has 1 nitrogen and oxygen atoms in total. The van der Waals surface area contributed by atoms with E-state index >= 15 is 0 Å². The molecule has 4 fully saturated rings. The first kappa shape index (κ1) is 24.3. The summed E-state index contributed by atoms with van der Waals surface area (Å²) in [5.74, 6) is 6.65. The Morgan fingerprint density at radius 2 is 1.65 bits per heavy atom. The van der Waals surface area contributed by atoms with Crippen molar-refractivity contribution >= 4 is 21.7 Å². The molecule has 0 saturated heterocycles. The van der Waals surface area contributed by atoms with Crippen LogP contribution in [0.3, 0.4) is 0 Å². The summed E-state index contributed by atoms with van der Waals surface area (Å²) in [5.41, 5.74) is 0.761. The van der Waals surface area contributed by atoms with Gasteiger partial charge in [0.25, 0.3) is 0 Å². The maximum Gasteiger partial charge on any atom is 0.136 e. The third-order valence-electron chi connectivity index (χ3n) is 11.6. The van der Waals surface area contributed by atoms with Crippen molar-refractivity contribution in [3.05, 3.63) is 0 Å². The fraction of sp³-hybridized carbons (Fsp3) is 0.966. The zero-order chi connectivity index (χ0) is 22.6. The van der Waals surface area contributed by atoms with Gasteiger partial charge in [0.15, 0.2) is 0 Å². The monoisotopic (exact) mass is 492 g/mol. The summed E-state index contributed by atoms with van der Waals surface area (Å²) in [6.45, 7) is 14.9. The van der Waals surface area contributed by atoms with Gasteiger partial charge >= 0.3 is 0 Å². The Morgan fingerprint density at radius 3 is 2.32 bits per heavy atom. The van der Waals surface area contributed by atoms with E-state index in [0.717, 1.165) is 48.3 Å². The van der Waals surface area contributed by atoms with Crippen LogP contribution in [-0.4, -0.2) is 10.6 Å². The first-order valence-corrected chi connectivity index (χ1v) is 14.7. The summed E-state index contributed by atoms with van der Waals surface area (Å²) in [4.78, 5) is 14.0. The SMILES string of the molecule is CCC(CCC(C)C1CCC2C3CC(=O)C4CC(Br)CCC4(C)C3CCC12C)C(C)C. The van der Waals surface area contributed by atoms with Crippen molar-refractivity contribution < 1.29 is 4.79 Å². The molecule has 0 aromatic carbocycles. The zero-order valence-corrected chi connectivity index (χ0v) is 22.8. The normalized spacial score (nSPS) is 46.9. The summed E-state index contributed by atoms with van der Waals surface area (Å²) in [5, 5.41) is 0. The number of carbonyl (C=O) groups excluding carboxylic acids is 1. The van der Waals surface area contributed by atoms with Crippen LogP contribution >= 0.6 is 15.9 Å². The van der Waals surface area contributed by atoms with Crippen LogP contribution in [0.1, 0.15) is 112 Å². The van der Waals surface area contributed by atoms with Crippen molar-refractivity contribution in [2.24, 2.45) is 58.2 Å². The number of halogens is 1. The molecular formula is C29H49BrO. The predicted octanol–water partition coefficient (Wildman–Crippen LogP) is 8.69. The molecule has 0 radical (unpaired) electrons. The second-order valence-electron chi connectivity index (χ2n) is 13.2. The molecule has 178 valence electrons. The third kappa shape index (κ3) is 4.12. The van der Waals surface area contributed by atoms with Gasteiger partial charge in [0, 0.05) is 17.2 Å². The third-order valence-corrected chi connectivity index (χ3v) is 12.4. The van der Waals surface area contributed by atoms with Crippen LogP contribution in [0.15, 0.2) is 0 Å². The molecule has 0 bridgehead atoms. The minimum absolute atomic E-state index is 0.279. The van der Waals surface area contributed by atoms with E-state index < -0.39 is 0 Å². The van der Waals surface area contributed by atoms with Gasteiger partial charge in [-0.2, -0.15) is 0 Å². The number of alkyl halides is 1. The van der Waals surface area contributed by atoms with Crippen LogP contribution in [0, 0.1) is 58.2 Å². The highest BCUT2D eigenvalue weighted by atomic mass is 79.9. The number of Topliss-reactive ketones (excluding diaryl/α,β-unsaturated/α-hetero) is 1. The second kappa shape index (κ2) is 9.07. The highest BCUT2D eigenvalue weighted by Crippen LogP contribution is 2.68. The maximum absolute atomic E-state index is 13.4. The van der Waals surface area contributed by atoms with Gasteiger partial charge in [0.2, 0.25) is 0 Å². The minimum Gasteiger partial charge on any atom is -0.299 e. The highest BCUT2D eigenvalue weighted by Gasteiger charge is 2.62. The lowest BCUT2D eigenvalue weighted by molar-refractivity contribution is -0.154. The topological polar surface area (TPSA) is 17.1 Å². The summed E-state index contributed by atoms with van der Waals surface area (Å²) in [7, 11) is 0. The maximum atomic E-state index is 13.4. The number of fused-ring (bicyclic) bond motifs is 5. The minimum atomic E-state index is 0.279. The molecule has 0 spiro atoms. The largest absolute Gasteiger partial charge is 0.299 e. The average Bonchev–Trinajstić information content (AvgIpc) is 3.07. The van der Waals surface area contributed by atoms with Gasteiger partial charge in [-0.05, 0) is 104 Å². The standard InChI is InChI=1S/C29H49BrO/c1-7-20(18(2)3)9-8-19(4)23-10-11-24-22-17-27(31)26-16-21(30)12-14-29(26,6)25(22)13-15-28(23,24)5/h18-26H,7-17H2,1-6H3. The van der Waals surface area contributed by atoms with Gasteiger partial charge in [-0.1, -0.05) is 70.3 Å². The number of ketones is 1. The van der Waals surface area contributed by atoms with Crippen molar-refractivity contribution in [3.63, 3.8) is 0 Å². The Balaban J connectivity index is 1.49. The van der Waals surface area contributed by atoms with Crippen molar-refractivity contribution in [1.82, 2.24) is 0 Å². The van der Waals surface area contributed by atoms with Gasteiger partial charge in [-0.15, -0.1) is 0 Å². The van der Waals surface area contributed by atoms with E-state index in [0.29, 0.717) is 27.9 Å². The van der Waals surface area contributed by atoms with E-state index in [1.54, 1.807) is 0 Å². The molecule has 4 rings (SSSR count). The van der Waals surface area contributed by atoms with Gasteiger partial charge in [0.05, 0.1) is 0 Å².